The standard InChI is InChI=1S/C23H36O4/c1-6-11-25-20(24)23-10-9-21(4)12-16-22(5,27-16)19-18(26-19)17(21)15(23)8-7-14(23)13(2)3/h13-19H,6-12H2,1-5H3/t14-,15+,16?,17-,18+,19?,21+,22-,23+/m1/s1. The first-order valence-corrected chi connectivity index (χ1v) is 11.3. The van der Waals surface area contributed by atoms with Crippen LogP contribution in [0.15, 0.2) is 0 Å². The summed E-state index contributed by atoms with van der Waals surface area (Å²) in [6, 6.07) is 0. The van der Waals surface area contributed by atoms with Crippen molar-refractivity contribution in [2.24, 2.45) is 34.5 Å². The molecule has 0 N–H and O–H groups in total. The van der Waals surface area contributed by atoms with E-state index in [-0.39, 0.29) is 34.6 Å². The Hall–Kier alpha value is -0.610. The number of fused-ring (bicyclic) bond motifs is 7. The Kier molecular flexibility index (Phi) is 3.90. The van der Waals surface area contributed by atoms with E-state index in [0.29, 0.717) is 36.4 Å². The van der Waals surface area contributed by atoms with Gasteiger partial charge in [-0.15, -0.1) is 0 Å². The Morgan fingerprint density at radius 3 is 2.70 bits per heavy atom. The average molecular weight is 377 g/mol. The molecule has 0 aromatic heterocycles. The minimum atomic E-state index is -0.291. The van der Waals surface area contributed by atoms with Crippen LogP contribution in [0.5, 0.6) is 0 Å². The number of rotatable bonds is 4. The van der Waals surface area contributed by atoms with Crippen LogP contribution < -0.4 is 0 Å². The number of carbonyl (C=O) groups is 1. The van der Waals surface area contributed by atoms with Crippen molar-refractivity contribution in [2.45, 2.75) is 97.1 Å². The summed E-state index contributed by atoms with van der Waals surface area (Å²) in [7, 11) is 0. The first-order valence-electron chi connectivity index (χ1n) is 11.3. The number of epoxide rings is 2. The van der Waals surface area contributed by atoms with Gasteiger partial charge < -0.3 is 14.2 Å². The zero-order chi connectivity index (χ0) is 19.2. The molecule has 0 spiro atoms. The van der Waals surface area contributed by atoms with Crippen LogP contribution in [0.3, 0.4) is 0 Å². The largest absolute Gasteiger partial charge is 0.465 e. The molecule has 3 aliphatic carbocycles. The van der Waals surface area contributed by atoms with Gasteiger partial charge in [-0.1, -0.05) is 27.7 Å². The van der Waals surface area contributed by atoms with E-state index >= 15 is 0 Å². The van der Waals surface area contributed by atoms with Crippen molar-refractivity contribution in [3.05, 3.63) is 0 Å². The van der Waals surface area contributed by atoms with Crippen LogP contribution in [-0.4, -0.2) is 36.5 Å². The predicted octanol–water partition coefficient (Wildman–Crippen LogP) is 4.35. The lowest BCUT2D eigenvalue weighted by atomic mass is 9.50. The smallest absolute Gasteiger partial charge is 0.312 e. The van der Waals surface area contributed by atoms with Crippen molar-refractivity contribution in [1.82, 2.24) is 0 Å². The van der Waals surface area contributed by atoms with Gasteiger partial charge in [-0.25, -0.2) is 0 Å². The van der Waals surface area contributed by atoms with Crippen molar-refractivity contribution in [2.75, 3.05) is 6.61 Å². The number of hydrogen-bond donors (Lipinski definition) is 0. The summed E-state index contributed by atoms with van der Waals surface area (Å²) >= 11 is 0. The Labute approximate surface area is 163 Å². The summed E-state index contributed by atoms with van der Waals surface area (Å²) in [5.74, 6) is 1.94. The molecule has 0 bridgehead atoms. The lowest BCUT2D eigenvalue weighted by Crippen LogP contribution is -2.54. The molecule has 2 saturated heterocycles. The van der Waals surface area contributed by atoms with Crippen LogP contribution in [0.4, 0.5) is 0 Å². The molecular formula is C23H36O4. The number of esters is 1. The Morgan fingerprint density at radius 1 is 1.22 bits per heavy atom. The van der Waals surface area contributed by atoms with E-state index in [1.165, 1.54) is 0 Å². The highest BCUT2D eigenvalue weighted by Gasteiger charge is 2.77. The predicted molar refractivity (Wildman–Crippen MR) is 102 cm³/mol. The van der Waals surface area contributed by atoms with E-state index in [0.717, 1.165) is 38.5 Å². The molecule has 27 heavy (non-hydrogen) atoms. The summed E-state index contributed by atoms with van der Waals surface area (Å²) in [5.41, 5.74) is -0.129. The average Bonchev–Trinajstić information content (AvgIpc) is 3.48. The Morgan fingerprint density at radius 2 is 2.00 bits per heavy atom. The molecule has 152 valence electrons. The van der Waals surface area contributed by atoms with Crippen molar-refractivity contribution in [1.29, 1.82) is 0 Å². The zero-order valence-corrected chi connectivity index (χ0v) is 17.6. The van der Waals surface area contributed by atoms with Gasteiger partial charge >= 0.3 is 5.97 Å². The summed E-state index contributed by atoms with van der Waals surface area (Å²) in [6.45, 7) is 11.9. The van der Waals surface area contributed by atoms with Gasteiger partial charge in [-0.3, -0.25) is 4.79 Å². The number of hydrogen-bond acceptors (Lipinski definition) is 4. The lowest BCUT2D eigenvalue weighted by molar-refractivity contribution is -0.175. The SMILES string of the molecule is CCCOC(=O)[C@]12CC[C@@]3(C)CC4O[C@@]4(C)C4O[C@H]4[C@H]3[C@@H]1CC[C@@H]2C(C)C. The highest BCUT2D eigenvalue weighted by molar-refractivity contribution is 5.78. The van der Waals surface area contributed by atoms with Gasteiger partial charge in [0.2, 0.25) is 0 Å². The van der Waals surface area contributed by atoms with Crippen LogP contribution in [-0.2, 0) is 19.0 Å². The first-order chi connectivity index (χ1) is 12.8. The number of ether oxygens (including phenoxy) is 3. The third-order valence-electron chi connectivity index (χ3n) is 9.16. The van der Waals surface area contributed by atoms with Gasteiger partial charge in [0.15, 0.2) is 0 Å². The minimum Gasteiger partial charge on any atom is -0.465 e. The quantitative estimate of drug-likeness (QED) is 0.540. The molecule has 0 amide bonds. The second-order valence-electron chi connectivity index (χ2n) is 10.9. The minimum absolute atomic E-state index is 0.0630. The molecule has 2 heterocycles. The molecule has 5 rings (SSSR count). The summed E-state index contributed by atoms with van der Waals surface area (Å²) in [4.78, 5) is 13.5. The fourth-order valence-electron chi connectivity index (χ4n) is 7.74. The molecule has 0 aromatic rings. The third-order valence-corrected chi connectivity index (χ3v) is 9.16. The maximum Gasteiger partial charge on any atom is 0.312 e. The lowest BCUT2D eigenvalue weighted by Gasteiger charge is -2.53. The van der Waals surface area contributed by atoms with Gasteiger partial charge in [-0.2, -0.15) is 0 Å². The van der Waals surface area contributed by atoms with E-state index in [2.05, 4.69) is 34.6 Å². The zero-order valence-electron chi connectivity index (χ0n) is 17.6. The molecule has 5 fully saturated rings. The van der Waals surface area contributed by atoms with Crippen LogP contribution in [0.2, 0.25) is 0 Å². The molecule has 9 atom stereocenters. The van der Waals surface area contributed by atoms with E-state index in [1.54, 1.807) is 0 Å². The van der Waals surface area contributed by atoms with Crippen LogP contribution >= 0.6 is 0 Å². The summed E-state index contributed by atoms with van der Waals surface area (Å²) < 4.78 is 18.2. The molecular weight excluding hydrogens is 340 g/mol. The topological polar surface area (TPSA) is 51.4 Å². The van der Waals surface area contributed by atoms with E-state index in [9.17, 15) is 4.79 Å². The van der Waals surface area contributed by atoms with Crippen molar-refractivity contribution in [3.63, 3.8) is 0 Å². The Bertz CT molecular complexity index is 646. The highest BCUT2D eigenvalue weighted by atomic mass is 16.7. The van der Waals surface area contributed by atoms with Crippen LogP contribution in [0.25, 0.3) is 0 Å². The molecule has 3 saturated carbocycles. The van der Waals surface area contributed by atoms with Crippen LogP contribution in [0.1, 0.15) is 73.1 Å². The van der Waals surface area contributed by atoms with Crippen LogP contribution in [0, 0.1) is 34.5 Å². The molecule has 0 aromatic carbocycles. The van der Waals surface area contributed by atoms with Crippen molar-refractivity contribution < 1.29 is 19.0 Å². The fraction of sp³-hybridized carbons (Fsp3) is 0.957. The van der Waals surface area contributed by atoms with Gasteiger partial charge in [0.05, 0.1) is 24.2 Å². The van der Waals surface area contributed by atoms with Crippen molar-refractivity contribution >= 4 is 5.97 Å². The van der Waals surface area contributed by atoms with Gasteiger partial charge in [0, 0.05) is 0 Å². The first kappa shape index (κ1) is 18.4. The monoisotopic (exact) mass is 376 g/mol. The van der Waals surface area contributed by atoms with Gasteiger partial charge in [0.25, 0.3) is 0 Å². The molecule has 4 heteroatoms. The normalized spacial score (nSPS) is 55.0. The van der Waals surface area contributed by atoms with E-state index in [4.69, 9.17) is 14.2 Å². The molecule has 2 unspecified atom stereocenters. The molecule has 5 aliphatic rings. The fourth-order valence-corrected chi connectivity index (χ4v) is 7.74. The maximum atomic E-state index is 13.5. The molecule has 2 aliphatic heterocycles. The second kappa shape index (κ2) is 5.72. The van der Waals surface area contributed by atoms with Crippen molar-refractivity contribution in [3.8, 4) is 0 Å². The Balaban J connectivity index is 1.52. The molecule has 4 nitrogen and oxygen atoms in total. The summed E-state index contributed by atoms with van der Waals surface area (Å²) in [6.07, 6.45) is 7.29. The maximum absolute atomic E-state index is 13.5. The van der Waals surface area contributed by atoms with E-state index < -0.39 is 0 Å². The highest BCUT2D eigenvalue weighted by Crippen LogP contribution is 2.71. The number of carbonyl (C=O) groups excluding carboxylic acids is 1. The van der Waals surface area contributed by atoms with Gasteiger partial charge in [-0.05, 0) is 74.5 Å². The molecule has 0 radical (unpaired) electrons. The second-order valence-corrected chi connectivity index (χ2v) is 10.9. The van der Waals surface area contributed by atoms with E-state index in [1.807, 2.05) is 0 Å². The van der Waals surface area contributed by atoms with Gasteiger partial charge in [0.1, 0.15) is 11.7 Å². The summed E-state index contributed by atoms with van der Waals surface area (Å²) in [5, 5.41) is 0. The third kappa shape index (κ3) is 2.32.